The van der Waals surface area contributed by atoms with Crippen LogP contribution in [0.5, 0.6) is 0 Å². The summed E-state index contributed by atoms with van der Waals surface area (Å²) in [7, 11) is 0. The number of hydrogen-bond donors (Lipinski definition) is 0. The molecule has 5 heteroatoms. The maximum absolute atomic E-state index is 4.96. The van der Waals surface area contributed by atoms with E-state index in [-0.39, 0.29) is 19.5 Å². The number of hydrogen-bond acceptors (Lipinski definition) is 4. The number of fused-ring (bicyclic) bond motifs is 12. The normalized spacial score (nSPS) is 11.1. The number of benzene rings is 8. The van der Waals surface area contributed by atoms with Crippen molar-refractivity contribution in [2.45, 2.75) is 0 Å². The van der Waals surface area contributed by atoms with E-state index >= 15 is 0 Å². The van der Waals surface area contributed by atoms with Crippen LogP contribution in [0.1, 0.15) is 0 Å². The smallest absolute Gasteiger partial charge is 0.252 e. The van der Waals surface area contributed by atoms with E-state index < -0.39 is 0 Å². The van der Waals surface area contributed by atoms with Crippen LogP contribution in [0.4, 0.5) is 0 Å². The molecule has 0 fully saturated rings. The van der Waals surface area contributed by atoms with Crippen molar-refractivity contribution in [2.75, 3.05) is 0 Å². The monoisotopic (exact) mass is 714 g/mol. The molecule has 10 aromatic rings. The Labute approximate surface area is 295 Å². The molecule has 0 aliphatic carbocycles. The van der Waals surface area contributed by atoms with Gasteiger partial charge in [-0.15, -0.1) is 0 Å². The van der Waals surface area contributed by atoms with Crippen molar-refractivity contribution >= 4 is 65.2 Å². The zero-order valence-electron chi connectivity index (χ0n) is 26.3. The molecule has 0 atom stereocenters. The summed E-state index contributed by atoms with van der Waals surface area (Å²) in [5.41, 5.74) is 7.84. The van der Waals surface area contributed by atoms with Crippen LogP contribution >= 0.6 is 0 Å². The van der Waals surface area contributed by atoms with Gasteiger partial charge in [-0.1, -0.05) is 158 Å². The second-order valence-corrected chi connectivity index (χ2v) is 11.8. The molecule has 1 radical (unpaired) electrons. The minimum atomic E-state index is 0. The van der Waals surface area contributed by atoms with Crippen LogP contribution in [0, 0.1) is 0 Å². The predicted octanol–water partition coefficient (Wildman–Crippen LogP) is 11.2. The summed E-state index contributed by atoms with van der Waals surface area (Å²) in [5, 5.41) is 9.49. The molecule has 0 aliphatic rings. The molecular formula is C44H28N4Ru+3. The molecule has 0 N–H and O–H groups in total. The van der Waals surface area contributed by atoms with Crippen molar-refractivity contribution in [2.24, 2.45) is 0 Å². The topological polar surface area (TPSA) is 51.6 Å². The summed E-state index contributed by atoms with van der Waals surface area (Å²) in [5.74, 6) is 0. The van der Waals surface area contributed by atoms with Crippen LogP contribution in [-0.2, 0) is 19.5 Å². The number of aromatic nitrogens is 4. The average molecular weight is 714 g/mol. The van der Waals surface area contributed by atoms with Gasteiger partial charge in [0.1, 0.15) is 0 Å². The zero-order valence-corrected chi connectivity index (χ0v) is 28.0. The molecule has 0 bridgehead atoms. The van der Waals surface area contributed by atoms with Crippen molar-refractivity contribution in [3.8, 4) is 22.5 Å². The van der Waals surface area contributed by atoms with Crippen molar-refractivity contribution in [1.29, 1.82) is 0 Å². The molecule has 0 saturated carbocycles. The molecular weight excluding hydrogens is 686 g/mol. The van der Waals surface area contributed by atoms with Gasteiger partial charge in [-0.05, 0) is 21.5 Å². The average Bonchev–Trinajstić information content (AvgIpc) is 3.19. The van der Waals surface area contributed by atoms with Crippen molar-refractivity contribution in [1.82, 2.24) is 19.9 Å². The second-order valence-electron chi connectivity index (χ2n) is 11.8. The molecule has 4 nitrogen and oxygen atoms in total. The first-order chi connectivity index (χ1) is 23.8. The molecule has 10 rings (SSSR count). The quantitative estimate of drug-likeness (QED) is 0.132. The molecule has 49 heavy (non-hydrogen) atoms. The maximum atomic E-state index is 4.96. The Bertz CT molecular complexity index is 2520. The Hall–Kier alpha value is -5.90. The third-order valence-corrected chi connectivity index (χ3v) is 8.99. The van der Waals surface area contributed by atoms with Gasteiger partial charge in [0.25, 0.3) is 0 Å². The fourth-order valence-electron chi connectivity index (χ4n) is 6.74. The van der Waals surface area contributed by atoms with Crippen LogP contribution < -0.4 is 0 Å². The Morgan fingerprint density at radius 1 is 0.265 bits per heavy atom. The molecule has 2 aromatic heterocycles. The third kappa shape index (κ3) is 5.39. The van der Waals surface area contributed by atoms with Gasteiger partial charge in [0, 0.05) is 32.7 Å². The Kier molecular flexibility index (Phi) is 8.05. The van der Waals surface area contributed by atoms with E-state index in [0.717, 1.165) is 66.1 Å². The third-order valence-electron chi connectivity index (χ3n) is 8.99. The predicted molar refractivity (Wildman–Crippen MR) is 200 cm³/mol. The SMILES string of the molecule is [Ru+3].c1ccc(-c2cnc3c4ccccc4c4ccccc4c3n2)cc1.c1ccc(-c2cnc3c4ccccc4c4ccccc4c3n2)cc1. The van der Waals surface area contributed by atoms with Crippen molar-refractivity contribution in [3.05, 3.63) is 170 Å². The van der Waals surface area contributed by atoms with Crippen LogP contribution in [0.15, 0.2) is 170 Å². The van der Waals surface area contributed by atoms with Crippen LogP contribution in [0.25, 0.3) is 87.7 Å². The van der Waals surface area contributed by atoms with Gasteiger partial charge in [-0.25, -0.2) is 9.97 Å². The Morgan fingerprint density at radius 3 is 0.857 bits per heavy atom. The summed E-state index contributed by atoms with van der Waals surface area (Å²) >= 11 is 0. The van der Waals surface area contributed by atoms with E-state index in [1.54, 1.807) is 0 Å². The van der Waals surface area contributed by atoms with Gasteiger partial charge in [0.15, 0.2) is 0 Å². The van der Waals surface area contributed by atoms with E-state index in [0.29, 0.717) is 0 Å². The standard InChI is InChI=1S/2C22H14N2.Ru/c2*1-2-8-15(9-3-1)20-14-23-21-18-12-6-4-10-16(18)17-11-5-7-13-19(17)22(21)24-20;/h2*1-14H;/q;;+3. The second kappa shape index (κ2) is 13.0. The minimum absolute atomic E-state index is 0. The Balaban J connectivity index is 0.000000139. The summed E-state index contributed by atoms with van der Waals surface area (Å²) in [6, 6.07) is 54.1. The molecule has 0 saturated heterocycles. The van der Waals surface area contributed by atoms with E-state index in [9.17, 15) is 0 Å². The van der Waals surface area contributed by atoms with E-state index in [4.69, 9.17) is 19.9 Å². The van der Waals surface area contributed by atoms with Crippen molar-refractivity contribution in [3.63, 3.8) is 0 Å². The zero-order chi connectivity index (χ0) is 31.9. The van der Waals surface area contributed by atoms with Crippen LogP contribution in [0.2, 0.25) is 0 Å². The van der Waals surface area contributed by atoms with Gasteiger partial charge >= 0.3 is 19.5 Å². The largest absolute Gasteiger partial charge is 3.00 e. The molecule has 229 valence electrons. The van der Waals surface area contributed by atoms with Crippen LogP contribution in [0.3, 0.4) is 0 Å². The molecule has 0 unspecified atom stereocenters. The number of rotatable bonds is 2. The van der Waals surface area contributed by atoms with Gasteiger partial charge < -0.3 is 0 Å². The van der Waals surface area contributed by atoms with E-state index in [1.165, 1.54) is 21.5 Å². The molecule has 2 heterocycles. The van der Waals surface area contributed by atoms with Gasteiger partial charge in [-0.2, -0.15) is 0 Å². The van der Waals surface area contributed by atoms with Gasteiger partial charge in [0.05, 0.1) is 45.8 Å². The summed E-state index contributed by atoms with van der Waals surface area (Å²) < 4.78 is 0. The molecule has 8 aromatic carbocycles. The molecule has 0 aliphatic heterocycles. The van der Waals surface area contributed by atoms with Gasteiger partial charge in [-0.3, -0.25) is 9.97 Å². The number of nitrogens with zero attached hydrogens (tertiary/aromatic N) is 4. The first-order valence-corrected chi connectivity index (χ1v) is 16.1. The summed E-state index contributed by atoms with van der Waals surface area (Å²) in [6.07, 6.45) is 3.75. The van der Waals surface area contributed by atoms with Crippen LogP contribution in [-0.4, -0.2) is 19.9 Å². The summed E-state index contributed by atoms with van der Waals surface area (Å²) in [4.78, 5) is 19.5. The molecule has 0 spiro atoms. The van der Waals surface area contributed by atoms with E-state index in [1.807, 2.05) is 48.8 Å². The first kappa shape index (κ1) is 30.4. The maximum Gasteiger partial charge on any atom is 3.00 e. The first-order valence-electron chi connectivity index (χ1n) is 16.1. The minimum Gasteiger partial charge on any atom is -0.252 e. The van der Waals surface area contributed by atoms with Gasteiger partial charge in [0.2, 0.25) is 0 Å². The Morgan fingerprint density at radius 2 is 0.531 bits per heavy atom. The molecule has 0 amide bonds. The van der Waals surface area contributed by atoms with Crippen molar-refractivity contribution < 1.29 is 19.5 Å². The fourth-order valence-corrected chi connectivity index (χ4v) is 6.74. The van der Waals surface area contributed by atoms with E-state index in [2.05, 4.69) is 121 Å². The summed E-state index contributed by atoms with van der Waals surface area (Å²) in [6.45, 7) is 0. The fraction of sp³-hybridized carbons (Fsp3) is 0.